The van der Waals surface area contributed by atoms with Crippen molar-refractivity contribution in [3.05, 3.63) is 23.9 Å². The first-order valence-electron chi connectivity index (χ1n) is 4.58. The van der Waals surface area contributed by atoms with Crippen LogP contribution in [0.25, 0.3) is 0 Å². The van der Waals surface area contributed by atoms with Crippen LogP contribution in [0.3, 0.4) is 0 Å². The van der Waals surface area contributed by atoms with Gasteiger partial charge in [0.25, 0.3) is 0 Å². The van der Waals surface area contributed by atoms with Gasteiger partial charge in [-0.3, -0.25) is 4.90 Å². The van der Waals surface area contributed by atoms with Crippen molar-refractivity contribution in [2.45, 2.75) is 6.54 Å². The SMILES string of the molecule is COc1ncccc1CN(C)CC(N)=S. The summed E-state index contributed by atoms with van der Waals surface area (Å²) >= 11 is 4.84. The molecule has 0 aromatic carbocycles. The average Bonchev–Trinajstić information content (AvgIpc) is 2.17. The van der Waals surface area contributed by atoms with Gasteiger partial charge in [0.1, 0.15) is 0 Å². The Bertz CT molecular complexity index is 343. The number of nitrogens with two attached hydrogens (primary N) is 1. The zero-order valence-corrected chi connectivity index (χ0v) is 9.75. The molecule has 1 aromatic rings. The molecule has 0 spiro atoms. The van der Waals surface area contributed by atoms with Gasteiger partial charge in [-0.25, -0.2) is 4.98 Å². The second-order valence-electron chi connectivity index (χ2n) is 3.31. The van der Waals surface area contributed by atoms with Gasteiger partial charge in [-0.1, -0.05) is 18.3 Å². The molecule has 0 aliphatic rings. The second-order valence-corrected chi connectivity index (χ2v) is 3.83. The number of thiocarbonyl (C=S) groups is 1. The highest BCUT2D eigenvalue weighted by Gasteiger charge is 2.06. The van der Waals surface area contributed by atoms with Gasteiger partial charge in [0, 0.05) is 24.8 Å². The third-order valence-corrected chi connectivity index (χ3v) is 2.04. The molecule has 0 bridgehead atoms. The van der Waals surface area contributed by atoms with Crippen molar-refractivity contribution in [1.82, 2.24) is 9.88 Å². The Morgan fingerprint density at radius 3 is 3.00 bits per heavy atom. The third kappa shape index (κ3) is 3.81. The fraction of sp³-hybridized carbons (Fsp3) is 0.400. The van der Waals surface area contributed by atoms with E-state index in [0.717, 1.165) is 5.56 Å². The highest BCUT2D eigenvalue weighted by molar-refractivity contribution is 7.80. The van der Waals surface area contributed by atoms with Crippen molar-refractivity contribution < 1.29 is 4.74 Å². The Morgan fingerprint density at radius 2 is 2.40 bits per heavy atom. The van der Waals surface area contributed by atoms with Crippen LogP contribution in [0.2, 0.25) is 0 Å². The molecule has 0 saturated carbocycles. The van der Waals surface area contributed by atoms with Crippen LogP contribution in [0.15, 0.2) is 18.3 Å². The Labute approximate surface area is 95.0 Å². The number of methoxy groups -OCH3 is 1. The highest BCUT2D eigenvalue weighted by atomic mass is 32.1. The zero-order chi connectivity index (χ0) is 11.3. The first-order chi connectivity index (χ1) is 7.13. The topological polar surface area (TPSA) is 51.4 Å². The van der Waals surface area contributed by atoms with Crippen molar-refractivity contribution in [2.24, 2.45) is 5.73 Å². The molecule has 0 fully saturated rings. The number of hydrogen-bond donors (Lipinski definition) is 1. The molecule has 0 unspecified atom stereocenters. The molecule has 15 heavy (non-hydrogen) atoms. The predicted molar refractivity (Wildman–Crippen MR) is 63.9 cm³/mol. The monoisotopic (exact) mass is 225 g/mol. The van der Waals surface area contributed by atoms with Crippen LogP contribution in [0, 0.1) is 0 Å². The van der Waals surface area contributed by atoms with Gasteiger partial charge in [-0.2, -0.15) is 0 Å². The van der Waals surface area contributed by atoms with E-state index in [1.165, 1.54) is 0 Å². The van der Waals surface area contributed by atoms with Crippen LogP contribution in [0.4, 0.5) is 0 Å². The van der Waals surface area contributed by atoms with Crippen LogP contribution in [0.5, 0.6) is 5.88 Å². The predicted octanol–water partition coefficient (Wildman–Crippen LogP) is 0.808. The summed E-state index contributed by atoms with van der Waals surface area (Å²) in [6.45, 7) is 1.31. The van der Waals surface area contributed by atoms with E-state index in [0.29, 0.717) is 24.0 Å². The lowest BCUT2D eigenvalue weighted by Gasteiger charge is -2.16. The van der Waals surface area contributed by atoms with E-state index >= 15 is 0 Å². The number of nitrogens with zero attached hydrogens (tertiary/aromatic N) is 2. The number of pyridine rings is 1. The summed E-state index contributed by atoms with van der Waals surface area (Å²) in [6, 6.07) is 3.86. The van der Waals surface area contributed by atoms with E-state index in [4.69, 9.17) is 22.7 Å². The Morgan fingerprint density at radius 1 is 1.67 bits per heavy atom. The summed E-state index contributed by atoms with van der Waals surface area (Å²) in [4.78, 5) is 6.62. The molecule has 0 aliphatic heterocycles. The first-order valence-corrected chi connectivity index (χ1v) is 4.99. The minimum absolute atomic E-state index is 0.486. The Kier molecular flexibility index (Phi) is 4.45. The standard InChI is InChI=1S/C10H15N3OS/c1-13(7-9(11)15)6-8-4-3-5-12-10(8)14-2/h3-5H,6-7H2,1-2H3,(H2,11,15). The molecule has 2 N–H and O–H groups in total. The van der Waals surface area contributed by atoms with Gasteiger partial charge in [-0.05, 0) is 13.1 Å². The number of likely N-dealkylation sites (N-methyl/N-ethyl adjacent to an activating group) is 1. The third-order valence-electron chi connectivity index (χ3n) is 1.91. The molecular formula is C10H15N3OS. The molecule has 4 nitrogen and oxygen atoms in total. The Balaban J connectivity index is 2.67. The lowest BCUT2D eigenvalue weighted by Crippen LogP contribution is -2.29. The molecule has 5 heteroatoms. The van der Waals surface area contributed by atoms with Crippen molar-refractivity contribution in [2.75, 3.05) is 20.7 Å². The summed E-state index contributed by atoms with van der Waals surface area (Å²) in [5, 5.41) is 0. The summed E-state index contributed by atoms with van der Waals surface area (Å²) in [5.41, 5.74) is 6.49. The smallest absolute Gasteiger partial charge is 0.217 e. The molecule has 0 aliphatic carbocycles. The number of ether oxygens (including phenoxy) is 1. The summed E-state index contributed by atoms with van der Waals surface area (Å²) in [6.07, 6.45) is 1.70. The van der Waals surface area contributed by atoms with Gasteiger partial charge in [-0.15, -0.1) is 0 Å². The van der Waals surface area contributed by atoms with Crippen molar-refractivity contribution in [1.29, 1.82) is 0 Å². The van der Waals surface area contributed by atoms with E-state index in [2.05, 4.69) is 4.98 Å². The fourth-order valence-electron chi connectivity index (χ4n) is 1.34. The van der Waals surface area contributed by atoms with Gasteiger partial charge >= 0.3 is 0 Å². The normalized spacial score (nSPS) is 10.3. The van der Waals surface area contributed by atoms with Gasteiger partial charge in [0.15, 0.2) is 0 Å². The number of rotatable bonds is 5. The summed E-state index contributed by atoms with van der Waals surface area (Å²) < 4.78 is 5.15. The minimum atomic E-state index is 0.486. The lowest BCUT2D eigenvalue weighted by atomic mass is 10.2. The Hall–Kier alpha value is -1.20. The highest BCUT2D eigenvalue weighted by Crippen LogP contribution is 2.14. The molecule has 1 aromatic heterocycles. The van der Waals surface area contributed by atoms with E-state index in [9.17, 15) is 0 Å². The van der Waals surface area contributed by atoms with Crippen molar-refractivity contribution in [3.63, 3.8) is 0 Å². The van der Waals surface area contributed by atoms with Crippen LogP contribution < -0.4 is 10.5 Å². The molecule has 0 radical (unpaired) electrons. The van der Waals surface area contributed by atoms with Crippen molar-refractivity contribution >= 4 is 17.2 Å². The first kappa shape index (κ1) is 11.9. The molecule has 1 heterocycles. The van der Waals surface area contributed by atoms with Gasteiger partial charge in [0.2, 0.25) is 5.88 Å². The molecular weight excluding hydrogens is 210 g/mol. The summed E-state index contributed by atoms with van der Waals surface area (Å²) in [7, 11) is 3.56. The van der Waals surface area contributed by atoms with Crippen LogP contribution in [0.1, 0.15) is 5.56 Å². The second kappa shape index (κ2) is 5.63. The number of hydrogen-bond acceptors (Lipinski definition) is 4. The fourth-order valence-corrected chi connectivity index (χ4v) is 1.56. The van der Waals surface area contributed by atoms with Crippen LogP contribution >= 0.6 is 12.2 Å². The summed E-state index contributed by atoms with van der Waals surface area (Å²) in [5.74, 6) is 0.646. The van der Waals surface area contributed by atoms with Crippen LogP contribution in [-0.4, -0.2) is 35.6 Å². The molecule has 0 saturated heterocycles. The zero-order valence-electron chi connectivity index (χ0n) is 8.93. The molecule has 82 valence electrons. The van der Waals surface area contributed by atoms with Gasteiger partial charge < -0.3 is 10.5 Å². The largest absolute Gasteiger partial charge is 0.481 e. The quantitative estimate of drug-likeness (QED) is 0.751. The maximum Gasteiger partial charge on any atom is 0.217 e. The molecule has 0 amide bonds. The van der Waals surface area contributed by atoms with E-state index < -0.39 is 0 Å². The van der Waals surface area contributed by atoms with E-state index in [-0.39, 0.29) is 0 Å². The number of aromatic nitrogens is 1. The minimum Gasteiger partial charge on any atom is -0.481 e. The molecule has 0 atom stereocenters. The van der Waals surface area contributed by atoms with Crippen molar-refractivity contribution in [3.8, 4) is 5.88 Å². The lowest BCUT2D eigenvalue weighted by molar-refractivity contribution is 0.348. The maximum absolute atomic E-state index is 5.46. The maximum atomic E-state index is 5.46. The van der Waals surface area contributed by atoms with Crippen LogP contribution in [-0.2, 0) is 6.54 Å². The average molecular weight is 225 g/mol. The van der Waals surface area contributed by atoms with E-state index in [1.807, 2.05) is 24.1 Å². The van der Waals surface area contributed by atoms with Gasteiger partial charge in [0.05, 0.1) is 12.1 Å². The van der Waals surface area contributed by atoms with E-state index in [1.54, 1.807) is 13.3 Å². The molecule has 1 rings (SSSR count).